The molecular weight excluding hydrogens is 310 g/mol. The summed E-state index contributed by atoms with van der Waals surface area (Å²) in [4.78, 5) is 16.0. The molecule has 122 valence electrons. The second kappa shape index (κ2) is 6.45. The molecular formula is C17H21N3O2S. The van der Waals surface area contributed by atoms with E-state index in [4.69, 9.17) is 4.74 Å². The normalized spacial score (nSPS) is 24.4. The van der Waals surface area contributed by atoms with E-state index in [1.807, 2.05) is 11.0 Å². The lowest BCUT2D eigenvalue weighted by atomic mass is 9.94. The number of hydrogen-bond acceptors (Lipinski definition) is 4. The third kappa shape index (κ3) is 3.05. The monoisotopic (exact) mass is 331 g/mol. The van der Waals surface area contributed by atoms with E-state index in [1.165, 1.54) is 10.4 Å². The molecule has 2 aliphatic rings. The molecule has 1 N–H and O–H groups in total. The lowest BCUT2D eigenvalue weighted by Gasteiger charge is -2.33. The smallest absolute Gasteiger partial charge is 0.225 e. The molecule has 2 aliphatic heterocycles. The van der Waals surface area contributed by atoms with Crippen LogP contribution in [0.25, 0.3) is 0 Å². The number of hydrogen-bond donors (Lipinski definition) is 1. The third-order valence-corrected chi connectivity index (χ3v) is 5.91. The molecule has 2 aromatic rings. The fourth-order valence-corrected chi connectivity index (χ4v) is 4.62. The first-order chi connectivity index (χ1) is 11.3. The summed E-state index contributed by atoms with van der Waals surface area (Å²) in [7, 11) is 0. The molecule has 0 saturated carbocycles. The van der Waals surface area contributed by atoms with E-state index in [1.54, 1.807) is 17.5 Å². The van der Waals surface area contributed by atoms with Gasteiger partial charge in [-0.25, -0.2) is 0 Å². The van der Waals surface area contributed by atoms with Gasteiger partial charge in [0, 0.05) is 35.8 Å². The number of piperidine rings is 1. The largest absolute Gasteiger partial charge is 0.372 e. The van der Waals surface area contributed by atoms with E-state index >= 15 is 0 Å². The maximum absolute atomic E-state index is 12.7. The van der Waals surface area contributed by atoms with Crippen LogP contribution >= 0.6 is 11.3 Å². The molecule has 23 heavy (non-hydrogen) atoms. The maximum Gasteiger partial charge on any atom is 0.225 e. The van der Waals surface area contributed by atoms with Crippen LogP contribution in [0.2, 0.25) is 0 Å². The topological polar surface area (TPSA) is 58.2 Å². The van der Waals surface area contributed by atoms with Crippen LogP contribution in [0.5, 0.6) is 0 Å². The number of fused-ring (bicyclic) bond motifs is 1. The summed E-state index contributed by atoms with van der Waals surface area (Å²) in [5.74, 6) is 0.584. The predicted molar refractivity (Wildman–Crippen MR) is 88.5 cm³/mol. The fourth-order valence-electron chi connectivity index (χ4n) is 3.61. The van der Waals surface area contributed by atoms with Crippen molar-refractivity contribution in [3.8, 4) is 0 Å². The predicted octanol–water partition coefficient (Wildman–Crippen LogP) is 2.88. The molecule has 0 bridgehead atoms. The highest BCUT2D eigenvalue weighted by Crippen LogP contribution is 2.35. The van der Waals surface area contributed by atoms with Crippen LogP contribution in [0, 0.1) is 0 Å². The summed E-state index contributed by atoms with van der Waals surface area (Å²) in [5, 5.41) is 9.18. The van der Waals surface area contributed by atoms with Crippen molar-refractivity contribution in [2.45, 2.75) is 37.7 Å². The molecule has 0 radical (unpaired) electrons. The lowest BCUT2D eigenvalue weighted by Crippen LogP contribution is -2.40. The second-order valence-electron chi connectivity index (χ2n) is 6.31. The number of ether oxygens (including phenoxy) is 1. The fraction of sp³-hybridized carbons (Fsp3) is 0.529. The zero-order chi connectivity index (χ0) is 15.6. The van der Waals surface area contributed by atoms with Gasteiger partial charge in [0.15, 0.2) is 0 Å². The molecule has 1 fully saturated rings. The summed E-state index contributed by atoms with van der Waals surface area (Å²) >= 11 is 1.71. The van der Waals surface area contributed by atoms with Gasteiger partial charge in [-0.1, -0.05) is 0 Å². The third-order valence-electron chi connectivity index (χ3n) is 4.86. The first kappa shape index (κ1) is 14.9. The summed E-state index contributed by atoms with van der Waals surface area (Å²) in [5.41, 5.74) is 2.49. The molecule has 2 atom stereocenters. The van der Waals surface area contributed by atoms with Gasteiger partial charge in [-0.15, -0.1) is 11.3 Å². The summed E-state index contributed by atoms with van der Waals surface area (Å²) < 4.78 is 5.87. The Morgan fingerprint density at radius 3 is 3.30 bits per heavy atom. The number of aromatic nitrogens is 2. The van der Waals surface area contributed by atoms with E-state index in [9.17, 15) is 4.79 Å². The average Bonchev–Trinajstić information content (AvgIpc) is 3.27. The highest BCUT2D eigenvalue weighted by molar-refractivity contribution is 7.10. The van der Waals surface area contributed by atoms with Crippen LogP contribution in [0.4, 0.5) is 0 Å². The number of amides is 1. The second-order valence-corrected chi connectivity index (χ2v) is 7.26. The quantitative estimate of drug-likeness (QED) is 0.941. The van der Waals surface area contributed by atoms with Gasteiger partial charge >= 0.3 is 0 Å². The maximum atomic E-state index is 12.7. The summed E-state index contributed by atoms with van der Waals surface area (Å²) in [6.07, 6.45) is 5.31. The molecule has 0 aromatic carbocycles. The van der Waals surface area contributed by atoms with Gasteiger partial charge < -0.3 is 9.64 Å². The zero-order valence-electron chi connectivity index (χ0n) is 13.0. The molecule has 5 nitrogen and oxygen atoms in total. The number of aromatic amines is 1. The van der Waals surface area contributed by atoms with Crippen molar-refractivity contribution in [3.05, 3.63) is 39.8 Å². The van der Waals surface area contributed by atoms with Crippen molar-refractivity contribution in [2.24, 2.45) is 0 Å². The number of carbonyl (C=O) groups excluding carboxylic acids is 1. The van der Waals surface area contributed by atoms with E-state index in [0.29, 0.717) is 12.3 Å². The molecule has 0 aliphatic carbocycles. The Labute approximate surface area is 139 Å². The molecule has 4 rings (SSSR count). The minimum absolute atomic E-state index is 0.0567. The van der Waals surface area contributed by atoms with Crippen LogP contribution in [0.1, 0.15) is 47.4 Å². The first-order valence-electron chi connectivity index (χ1n) is 8.26. The highest BCUT2D eigenvalue weighted by atomic mass is 32.1. The van der Waals surface area contributed by atoms with Crippen LogP contribution in [-0.2, 0) is 16.0 Å². The molecule has 2 aromatic heterocycles. The van der Waals surface area contributed by atoms with Gasteiger partial charge in [0.2, 0.25) is 5.91 Å². The Morgan fingerprint density at radius 1 is 1.48 bits per heavy atom. The molecule has 0 spiro atoms. The van der Waals surface area contributed by atoms with Crippen LogP contribution in [0.15, 0.2) is 23.7 Å². The van der Waals surface area contributed by atoms with E-state index < -0.39 is 0 Å². The average molecular weight is 331 g/mol. The Morgan fingerprint density at radius 2 is 2.43 bits per heavy atom. The number of carbonyl (C=O) groups is 1. The molecule has 6 heteroatoms. The number of nitrogens with zero attached hydrogens (tertiary/aromatic N) is 2. The van der Waals surface area contributed by atoms with Crippen molar-refractivity contribution < 1.29 is 9.53 Å². The number of thiophene rings is 1. The Balaban J connectivity index is 1.42. The minimum atomic E-state index is -0.0567. The zero-order valence-corrected chi connectivity index (χ0v) is 13.8. The van der Waals surface area contributed by atoms with Crippen LogP contribution in [0.3, 0.4) is 0 Å². The minimum Gasteiger partial charge on any atom is -0.372 e. The van der Waals surface area contributed by atoms with Gasteiger partial charge in [0.05, 0.1) is 13.0 Å². The standard InChI is InChI=1S/C17H21N3O2S/c21-16(10-15-17-12(4-8-22-15)5-9-23-17)20-7-1-2-13(11-20)14-3-6-18-19-14/h3,5-6,9,13,15H,1-2,4,7-8,10-11H2,(H,18,19)/t13-,15-/m0/s1. The number of nitrogens with one attached hydrogen (secondary N) is 1. The summed E-state index contributed by atoms with van der Waals surface area (Å²) in [6.45, 7) is 2.36. The van der Waals surface area contributed by atoms with Gasteiger partial charge in [-0.3, -0.25) is 9.89 Å². The van der Waals surface area contributed by atoms with Crippen molar-refractivity contribution >= 4 is 17.2 Å². The molecule has 1 saturated heterocycles. The van der Waals surface area contributed by atoms with E-state index in [-0.39, 0.29) is 12.0 Å². The summed E-state index contributed by atoms with van der Waals surface area (Å²) in [6, 6.07) is 4.18. The Bertz CT molecular complexity index is 667. The Kier molecular flexibility index (Phi) is 4.18. The van der Waals surface area contributed by atoms with Gasteiger partial charge in [0.1, 0.15) is 6.10 Å². The van der Waals surface area contributed by atoms with Gasteiger partial charge in [-0.2, -0.15) is 5.10 Å². The number of H-pyrrole nitrogens is 1. The van der Waals surface area contributed by atoms with E-state index in [2.05, 4.69) is 21.6 Å². The molecule has 1 amide bonds. The number of rotatable bonds is 3. The number of likely N-dealkylation sites (tertiary alicyclic amines) is 1. The van der Waals surface area contributed by atoms with Crippen molar-refractivity contribution in [1.82, 2.24) is 15.1 Å². The van der Waals surface area contributed by atoms with E-state index in [0.717, 1.165) is 44.7 Å². The SMILES string of the molecule is O=C(C[C@@H]1OCCc2ccsc21)N1CCC[C@H](c2ccn[nH]2)C1. The van der Waals surface area contributed by atoms with Crippen LogP contribution < -0.4 is 0 Å². The van der Waals surface area contributed by atoms with Crippen molar-refractivity contribution in [2.75, 3.05) is 19.7 Å². The Hall–Kier alpha value is -1.66. The van der Waals surface area contributed by atoms with Gasteiger partial charge in [0.25, 0.3) is 0 Å². The van der Waals surface area contributed by atoms with Crippen LogP contribution in [-0.4, -0.2) is 40.7 Å². The lowest BCUT2D eigenvalue weighted by molar-refractivity contribution is -0.135. The highest BCUT2D eigenvalue weighted by Gasteiger charge is 2.30. The molecule has 0 unspecified atom stereocenters. The van der Waals surface area contributed by atoms with Gasteiger partial charge in [-0.05, 0) is 42.3 Å². The van der Waals surface area contributed by atoms with Crippen molar-refractivity contribution in [1.29, 1.82) is 0 Å². The first-order valence-corrected chi connectivity index (χ1v) is 9.14. The van der Waals surface area contributed by atoms with Crippen molar-refractivity contribution in [3.63, 3.8) is 0 Å². The molecule has 4 heterocycles.